The number of carbonyl (C=O) groups is 1. The van der Waals surface area contributed by atoms with Crippen LogP contribution in [0.4, 0.5) is 0 Å². The Morgan fingerprint density at radius 1 is 1.10 bits per heavy atom. The number of phenols is 1. The molecule has 3 atom stereocenters. The maximum atomic E-state index is 12.0. The van der Waals surface area contributed by atoms with Gasteiger partial charge in [-0.2, -0.15) is 0 Å². The van der Waals surface area contributed by atoms with Crippen molar-refractivity contribution in [3.63, 3.8) is 0 Å². The second-order valence-corrected chi connectivity index (χ2v) is 13.3. The van der Waals surface area contributed by atoms with Crippen LogP contribution < -0.4 is 0 Å². The molecule has 5 nitrogen and oxygen atoms in total. The van der Waals surface area contributed by atoms with Crippen molar-refractivity contribution in [3.8, 4) is 5.75 Å². The molecular formula is C22H32O5S2. The number of phenolic OH excluding ortho intramolecular Hbond substituents is 1. The number of Topliss-reactive ketones (excluding diaryl/α,β-unsaturated/α-hetero) is 1. The summed E-state index contributed by atoms with van der Waals surface area (Å²) in [5, 5.41) is 8.38. The number of ketones is 1. The summed E-state index contributed by atoms with van der Waals surface area (Å²) in [5.41, 5.74) is 1.06. The molecule has 1 aromatic carbocycles. The minimum atomic E-state index is -4.49. The summed E-state index contributed by atoms with van der Waals surface area (Å²) in [5.74, 6) is 2.51. The zero-order chi connectivity index (χ0) is 21.8. The van der Waals surface area contributed by atoms with Gasteiger partial charge in [-0.25, -0.2) is 8.42 Å². The molecule has 0 spiro atoms. The maximum absolute atomic E-state index is 12.0. The molecule has 3 unspecified atom stereocenters. The molecule has 7 heteroatoms. The maximum Gasteiger partial charge on any atom is 0.156 e. The van der Waals surface area contributed by atoms with Crippen LogP contribution in [0.1, 0.15) is 57.6 Å². The van der Waals surface area contributed by atoms with Crippen LogP contribution in [0.25, 0.3) is 0 Å². The highest BCUT2D eigenvalue weighted by molar-refractivity contribution is 7.97. The van der Waals surface area contributed by atoms with Crippen molar-refractivity contribution in [2.24, 2.45) is 16.7 Å². The molecule has 3 aliphatic rings. The van der Waals surface area contributed by atoms with Gasteiger partial charge in [-0.1, -0.05) is 20.8 Å². The Morgan fingerprint density at radius 2 is 1.62 bits per heavy atom. The van der Waals surface area contributed by atoms with E-state index in [1.165, 1.54) is 29.2 Å². The molecule has 1 heterocycles. The van der Waals surface area contributed by atoms with Crippen LogP contribution in [0, 0.1) is 30.6 Å². The SMILES string of the molecule is CC12CCC(C(S(=O)(=O)[O-])C1=O)C2(C)C.Cc1cc([S+]2CCCC2)cc(C)c1O. The van der Waals surface area contributed by atoms with Crippen molar-refractivity contribution < 1.29 is 22.9 Å². The molecule has 1 saturated heterocycles. The summed E-state index contributed by atoms with van der Waals surface area (Å²) in [6.07, 6.45) is 4.13. The fourth-order valence-electron chi connectivity index (χ4n) is 5.31. The van der Waals surface area contributed by atoms with Gasteiger partial charge in [0.25, 0.3) is 0 Å². The number of aryl methyl sites for hydroxylation is 2. The van der Waals surface area contributed by atoms with Crippen LogP contribution in [0.15, 0.2) is 17.0 Å². The summed E-state index contributed by atoms with van der Waals surface area (Å²) in [4.78, 5) is 13.4. The molecule has 0 aromatic heterocycles. The number of carbonyl (C=O) groups excluding carboxylic acids is 1. The number of fused-ring (bicyclic) bond motifs is 2. The summed E-state index contributed by atoms with van der Waals surface area (Å²) < 4.78 is 33.3. The highest BCUT2D eigenvalue weighted by Gasteiger charge is 2.67. The fourth-order valence-corrected chi connectivity index (χ4v) is 9.18. The molecule has 1 aliphatic heterocycles. The van der Waals surface area contributed by atoms with E-state index in [4.69, 9.17) is 0 Å². The molecule has 29 heavy (non-hydrogen) atoms. The fraction of sp³-hybridized carbons (Fsp3) is 0.682. The first kappa shape index (κ1) is 22.6. The van der Waals surface area contributed by atoms with Gasteiger partial charge in [0.05, 0.1) is 0 Å². The highest BCUT2D eigenvalue weighted by Crippen LogP contribution is 2.64. The molecule has 3 fully saturated rings. The zero-order valence-electron chi connectivity index (χ0n) is 17.9. The molecule has 2 bridgehead atoms. The lowest BCUT2D eigenvalue weighted by Gasteiger charge is -2.32. The van der Waals surface area contributed by atoms with Gasteiger partial charge < -0.3 is 9.66 Å². The summed E-state index contributed by atoms with van der Waals surface area (Å²) in [6, 6.07) is 4.33. The van der Waals surface area contributed by atoms with Gasteiger partial charge in [0.15, 0.2) is 10.7 Å². The minimum absolute atomic E-state index is 0.294. The quantitative estimate of drug-likeness (QED) is 0.559. The van der Waals surface area contributed by atoms with Gasteiger partial charge in [-0.15, -0.1) is 0 Å². The first-order valence-corrected chi connectivity index (χ1v) is 13.3. The Bertz CT molecular complexity index is 892. The largest absolute Gasteiger partial charge is 0.747 e. The molecular weight excluding hydrogens is 408 g/mol. The van der Waals surface area contributed by atoms with E-state index in [-0.39, 0.29) is 17.1 Å². The normalized spacial score (nSPS) is 31.0. The standard InChI is InChI=1S/C12H16OS.C10H16O4S/c1-9-7-11(8-10(2)12(9)13)14-5-3-4-6-14;1-9(2)6-4-5-10(9,3)8(11)7(6)15(12,13)14/h7-8H,3-6H2,1-2H3;6-7H,4-5H2,1-3H3,(H,12,13,14). The van der Waals surface area contributed by atoms with Crippen LogP contribution in [0.3, 0.4) is 0 Å². The molecule has 1 N–H and O–H groups in total. The first-order valence-electron chi connectivity index (χ1n) is 10.3. The second-order valence-electron chi connectivity index (χ2n) is 9.49. The topological polar surface area (TPSA) is 94.5 Å². The van der Waals surface area contributed by atoms with Crippen molar-refractivity contribution in [3.05, 3.63) is 23.3 Å². The average Bonchev–Trinajstić information content (AvgIpc) is 3.25. The third-order valence-corrected chi connectivity index (χ3v) is 11.2. The van der Waals surface area contributed by atoms with Crippen LogP contribution in [-0.2, 0) is 25.8 Å². The molecule has 4 rings (SSSR count). The van der Waals surface area contributed by atoms with E-state index < -0.39 is 20.8 Å². The van der Waals surface area contributed by atoms with Crippen LogP contribution in [-0.4, -0.2) is 40.6 Å². The molecule has 1 aromatic rings. The van der Waals surface area contributed by atoms with Gasteiger partial charge in [-0.05, 0) is 74.1 Å². The van der Waals surface area contributed by atoms with Crippen molar-refractivity contribution in [2.45, 2.75) is 70.4 Å². The van der Waals surface area contributed by atoms with E-state index in [9.17, 15) is 22.9 Å². The van der Waals surface area contributed by atoms with Gasteiger partial charge in [0.1, 0.15) is 32.6 Å². The van der Waals surface area contributed by atoms with Crippen LogP contribution in [0.5, 0.6) is 5.75 Å². The van der Waals surface area contributed by atoms with E-state index >= 15 is 0 Å². The van der Waals surface area contributed by atoms with Crippen molar-refractivity contribution in [1.82, 2.24) is 0 Å². The minimum Gasteiger partial charge on any atom is -0.747 e. The third-order valence-electron chi connectivity index (χ3n) is 7.61. The Labute approximate surface area is 177 Å². The Balaban J connectivity index is 0.000000166. The van der Waals surface area contributed by atoms with E-state index in [0.717, 1.165) is 11.1 Å². The van der Waals surface area contributed by atoms with Crippen LogP contribution in [0.2, 0.25) is 0 Å². The monoisotopic (exact) mass is 440 g/mol. The Morgan fingerprint density at radius 3 is 2.00 bits per heavy atom. The van der Waals surface area contributed by atoms with E-state index in [0.29, 0.717) is 29.5 Å². The molecule has 2 aliphatic carbocycles. The van der Waals surface area contributed by atoms with Crippen molar-refractivity contribution in [1.29, 1.82) is 0 Å². The zero-order valence-corrected chi connectivity index (χ0v) is 19.6. The van der Waals surface area contributed by atoms with Gasteiger partial charge in [0.2, 0.25) is 0 Å². The number of aromatic hydroxyl groups is 1. The molecule has 0 radical (unpaired) electrons. The van der Waals surface area contributed by atoms with E-state index in [1.54, 1.807) is 6.92 Å². The molecule has 162 valence electrons. The number of benzene rings is 1. The molecule has 2 saturated carbocycles. The number of rotatable bonds is 2. The smallest absolute Gasteiger partial charge is 0.156 e. The second kappa shape index (κ2) is 7.57. The average molecular weight is 441 g/mol. The van der Waals surface area contributed by atoms with Gasteiger partial charge in [0, 0.05) is 16.3 Å². The van der Waals surface area contributed by atoms with Crippen molar-refractivity contribution >= 4 is 26.8 Å². The number of hydrogen-bond acceptors (Lipinski definition) is 5. The predicted molar refractivity (Wildman–Crippen MR) is 115 cm³/mol. The summed E-state index contributed by atoms with van der Waals surface area (Å²) in [7, 11) is -4.02. The Kier molecular flexibility index (Phi) is 5.91. The highest BCUT2D eigenvalue weighted by atomic mass is 32.2. The summed E-state index contributed by atoms with van der Waals surface area (Å²) >= 11 is 0. The van der Waals surface area contributed by atoms with E-state index in [2.05, 4.69) is 12.1 Å². The lowest BCUT2D eigenvalue weighted by atomic mass is 9.70. The van der Waals surface area contributed by atoms with Gasteiger partial charge >= 0.3 is 0 Å². The third kappa shape index (κ3) is 3.74. The summed E-state index contributed by atoms with van der Waals surface area (Å²) in [6.45, 7) is 9.57. The predicted octanol–water partition coefficient (Wildman–Crippen LogP) is 3.71. The Hall–Kier alpha value is -1.05. The first-order chi connectivity index (χ1) is 13.3. The van der Waals surface area contributed by atoms with Crippen LogP contribution >= 0.6 is 0 Å². The number of hydrogen-bond donors (Lipinski definition) is 1. The van der Waals surface area contributed by atoms with Crippen molar-refractivity contribution in [2.75, 3.05) is 11.5 Å². The van der Waals surface area contributed by atoms with Gasteiger partial charge in [-0.3, -0.25) is 4.79 Å². The molecule has 0 amide bonds. The lowest BCUT2D eigenvalue weighted by Crippen LogP contribution is -2.38. The lowest BCUT2D eigenvalue weighted by molar-refractivity contribution is -0.128. The van der Waals surface area contributed by atoms with E-state index in [1.807, 2.05) is 27.7 Å².